The number of rotatable bonds is 5. The Kier molecular flexibility index (Phi) is 5.76. The summed E-state index contributed by atoms with van der Waals surface area (Å²) in [6.07, 6.45) is -2.94. The van der Waals surface area contributed by atoms with E-state index in [2.05, 4.69) is 15.0 Å². The Bertz CT molecular complexity index is 1750. The van der Waals surface area contributed by atoms with Crippen LogP contribution in [0.4, 0.5) is 27.8 Å². The van der Waals surface area contributed by atoms with Crippen LogP contribution in [-0.2, 0) is 4.74 Å². The summed E-state index contributed by atoms with van der Waals surface area (Å²) in [5, 5.41) is 12.9. The third-order valence-corrected chi connectivity index (χ3v) is 7.88. The number of nitrogens with one attached hydrogen (secondary N) is 1. The average Bonchev–Trinajstić information content (AvgIpc) is 3.38. The first kappa shape index (κ1) is 26.6. The third-order valence-electron chi connectivity index (χ3n) is 7.88. The molecule has 1 fully saturated rings. The average molecular weight is 588 g/mol. The van der Waals surface area contributed by atoms with Crippen LogP contribution >= 0.6 is 0 Å². The number of β-amino-alcohol motifs (C(OH)–C–C–N with tert-alkyl or cyclic N) is 1. The molecular weight excluding hydrogens is 565 g/mol. The molecule has 14 heteroatoms. The molecule has 7 rings (SSSR count). The Labute approximate surface area is 234 Å². The number of hydrogen-bond donors (Lipinski definition) is 2. The van der Waals surface area contributed by atoms with Crippen LogP contribution in [0, 0.1) is 6.92 Å². The van der Waals surface area contributed by atoms with Crippen LogP contribution in [0.15, 0.2) is 48.7 Å². The number of benzene rings is 2. The number of halogens is 5. The van der Waals surface area contributed by atoms with Crippen molar-refractivity contribution in [2.45, 2.75) is 44.2 Å². The van der Waals surface area contributed by atoms with Crippen molar-refractivity contribution in [2.75, 3.05) is 18.0 Å². The van der Waals surface area contributed by atoms with Crippen LogP contribution in [0.5, 0.6) is 5.75 Å². The molecule has 2 bridgehead atoms. The standard InChI is InChI=1S/C28H22F5N5O4/c1-13-7-22(37-11-27(40,12-37)42-28(31,32)33)34-10-16(13)14-5-6-17-19(8-14)38-20-9-18(24(38)35-17)36-25(39)15-3-2-4-21(23(15)20)41-26(29)30/h2-8,10,18,20,26,40H,9,11-12H2,1H3,(H,36,39)/t18-,20-/m1/s1. The fourth-order valence-electron chi connectivity index (χ4n) is 6.19. The minimum atomic E-state index is -4.96. The molecule has 1 amide bonds. The highest BCUT2D eigenvalue weighted by atomic mass is 19.4. The molecule has 5 heterocycles. The highest BCUT2D eigenvalue weighted by Crippen LogP contribution is 2.48. The number of aryl methyl sites for hydroxylation is 1. The lowest BCUT2D eigenvalue weighted by Crippen LogP contribution is -2.65. The molecule has 0 unspecified atom stereocenters. The smallest absolute Gasteiger partial charge is 0.434 e. The van der Waals surface area contributed by atoms with Crippen molar-refractivity contribution < 1.29 is 41.3 Å². The van der Waals surface area contributed by atoms with E-state index in [-0.39, 0.29) is 30.3 Å². The quantitative estimate of drug-likeness (QED) is 0.255. The summed E-state index contributed by atoms with van der Waals surface area (Å²) in [4.78, 5) is 23.6. The van der Waals surface area contributed by atoms with Gasteiger partial charge in [0.25, 0.3) is 5.91 Å². The van der Waals surface area contributed by atoms with E-state index >= 15 is 0 Å². The first-order valence-electron chi connectivity index (χ1n) is 13.0. The molecule has 218 valence electrons. The second-order valence-corrected chi connectivity index (χ2v) is 10.6. The van der Waals surface area contributed by atoms with Gasteiger partial charge in [-0.2, -0.15) is 8.78 Å². The van der Waals surface area contributed by atoms with Gasteiger partial charge in [-0.25, -0.2) is 9.97 Å². The number of fused-ring (bicyclic) bond motifs is 9. The molecule has 2 atom stereocenters. The van der Waals surface area contributed by atoms with Crippen LogP contribution in [0.25, 0.3) is 22.2 Å². The Balaban J connectivity index is 1.24. The lowest BCUT2D eigenvalue weighted by Gasteiger charge is -2.46. The summed E-state index contributed by atoms with van der Waals surface area (Å²) in [7, 11) is 0. The van der Waals surface area contributed by atoms with E-state index in [1.54, 1.807) is 18.3 Å². The summed E-state index contributed by atoms with van der Waals surface area (Å²) >= 11 is 0. The SMILES string of the molecule is Cc1cc(N2CC(O)(OC(F)(F)F)C2)ncc1-c1ccc2nc3n(c2c1)[C@@H]1C[C@H]3NC(=O)c2cccc(OC(F)F)c21. The Morgan fingerprint density at radius 2 is 1.93 bits per heavy atom. The van der Waals surface area contributed by atoms with Gasteiger partial charge in [0.1, 0.15) is 17.4 Å². The van der Waals surface area contributed by atoms with Gasteiger partial charge in [0.15, 0.2) is 0 Å². The lowest BCUT2D eigenvalue weighted by molar-refractivity contribution is -0.413. The second-order valence-electron chi connectivity index (χ2n) is 10.6. The third kappa shape index (κ3) is 4.32. The molecule has 2 aromatic carbocycles. The van der Waals surface area contributed by atoms with Gasteiger partial charge in [0.05, 0.1) is 36.2 Å². The minimum absolute atomic E-state index is 0.0664. The van der Waals surface area contributed by atoms with Crippen molar-refractivity contribution in [1.29, 1.82) is 0 Å². The predicted molar refractivity (Wildman–Crippen MR) is 138 cm³/mol. The molecule has 0 saturated carbocycles. The Hall–Kier alpha value is -4.30. The number of aliphatic hydroxyl groups is 1. The van der Waals surface area contributed by atoms with Gasteiger partial charge in [0.2, 0.25) is 5.79 Å². The van der Waals surface area contributed by atoms with Gasteiger partial charge < -0.3 is 24.6 Å². The zero-order valence-corrected chi connectivity index (χ0v) is 21.8. The van der Waals surface area contributed by atoms with Gasteiger partial charge in [-0.15, -0.1) is 13.2 Å². The number of aromatic nitrogens is 3. The van der Waals surface area contributed by atoms with Crippen LogP contribution in [0.3, 0.4) is 0 Å². The molecule has 3 aliphatic heterocycles. The molecule has 3 aliphatic rings. The van der Waals surface area contributed by atoms with E-state index in [1.165, 1.54) is 17.0 Å². The number of pyridine rings is 1. The number of carbonyl (C=O) groups is 1. The number of ether oxygens (including phenoxy) is 2. The van der Waals surface area contributed by atoms with E-state index in [0.717, 1.165) is 22.2 Å². The first-order chi connectivity index (χ1) is 19.9. The summed E-state index contributed by atoms with van der Waals surface area (Å²) < 4.78 is 74.8. The van der Waals surface area contributed by atoms with E-state index in [0.29, 0.717) is 29.1 Å². The fraction of sp³-hybridized carbons (Fsp3) is 0.321. The Morgan fingerprint density at radius 3 is 2.64 bits per heavy atom. The number of imidazole rings is 1. The van der Waals surface area contributed by atoms with Crippen LogP contribution in [-0.4, -0.2) is 57.4 Å². The van der Waals surface area contributed by atoms with Crippen LogP contribution < -0.4 is 15.0 Å². The van der Waals surface area contributed by atoms with Gasteiger partial charge in [-0.05, 0) is 54.8 Å². The number of anilines is 1. The van der Waals surface area contributed by atoms with E-state index in [4.69, 9.17) is 9.72 Å². The zero-order chi connectivity index (χ0) is 29.6. The summed E-state index contributed by atoms with van der Waals surface area (Å²) in [5.74, 6) is -1.78. The van der Waals surface area contributed by atoms with E-state index < -0.39 is 30.8 Å². The molecule has 42 heavy (non-hydrogen) atoms. The number of hydrogen-bond acceptors (Lipinski definition) is 7. The van der Waals surface area contributed by atoms with Crippen molar-refractivity contribution in [2.24, 2.45) is 0 Å². The minimum Gasteiger partial charge on any atom is -0.434 e. The van der Waals surface area contributed by atoms with Crippen molar-refractivity contribution in [1.82, 2.24) is 19.9 Å². The number of nitrogens with zero attached hydrogens (tertiary/aromatic N) is 4. The second kappa shape index (κ2) is 9.10. The monoisotopic (exact) mass is 587 g/mol. The van der Waals surface area contributed by atoms with Gasteiger partial charge in [-0.3, -0.25) is 9.53 Å². The molecule has 0 aliphatic carbocycles. The lowest BCUT2D eigenvalue weighted by atomic mass is 9.97. The summed E-state index contributed by atoms with van der Waals surface area (Å²) in [6.45, 7) is -2.00. The number of carbonyl (C=O) groups excluding carboxylic acids is 1. The van der Waals surface area contributed by atoms with Crippen molar-refractivity contribution in [3.63, 3.8) is 0 Å². The van der Waals surface area contributed by atoms with Crippen LogP contribution in [0.1, 0.15) is 45.8 Å². The molecule has 4 aromatic rings. The van der Waals surface area contributed by atoms with Crippen LogP contribution in [0.2, 0.25) is 0 Å². The Morgan fingerprint density at radius 1 is 1.14 bits per heavy atom. The highest BCUT2D eigenvalue weighted by Gasteiger charge is 2.51. The number of alkyl halides is 5. The largest absolute Gasteiger partial charge is 0.525 e. The maximum atomic E-state index is 13.3. The predicted octanol–water partition coefficient (Wildman–Crippen LogP) is 4.83. The summed E-state index contributed by atoms with van der Waals surface area (Å²) in [5.41, 5.74) is 4.33. The van der Waals surface area contributed by atoms with E-state index in [1.807, 2.05) is 29.7 Å². The maximum absolute atomic E-state index is 13.3. The van der Waals surface area contributed by atoms with Crippen molar-refractivity contribution in [3.8, 4) is 16.9 Å². The van der Waals surface area contributed by atoms with Crippen molar-refractivity contribution >= 4 is 22.8 Å². The molecule has 0 radical (unpaired) electrons. The maximum Gasteiger partial charge on any atom is 0.525 e. The normalized spacial score (nSPS) is 20.7. The topological polar surface area (TPSA) is 102 Å². The van der Waals surface area contributed by atoms with Gasteiger partial charge >= 0.3 is 13.0 Å². The zero-order valence-electron chi connectivity index (χ0n) is 21.8. The number of amides is 1. The molecule has 9 nitrogen and oxygen atoms in total. The highest BCUT2D eigenvalue weighted by molar-refractivity contribution is 5.98. The van der Waals surface area contributed by atoms with Gasteiger partial charge in [-0.1, -0.05) is 12.1 Å². The van der Waals surface area contributed by atoms with Crippen molar-refractivity contribution in [3.05, 3.63) is 71.2 Å². The molecule has 2 aromatic heterocycles. The summed E-state index contributed by atoms with van der Waals surface area (Å²) in [6, 6.07) is 10.9. The first-order valence-corrected chi connectivity index (χ1v) is 13.0. The molecular formula is C28H22F5N5O4. The molecule has 1 saturated heterocycles. The molecule has 2 N–H and O–H groups in total. The van der Waals surface area contributed by atoms with E-state index in [9.17, 15) is 31.9 Å². The fourth-order valence-corrected chi connectivity index (χ4v) is 6.19. The van der Waals surface area contributed by atoms with Gasteiger partial charge in [0, 0.05) is 22.9 Å². The molecule has 0 spiro atoms.